The van der Waals surface area contributed by atoms with E-state index in [-0.39, 0.29) is 10.6 Å². The zero-order valence-electron chi connectivity index (χ0n) is 10.6. The van der Waals surface area contributed by atoms with E-state index >= 15 is 0 Å². The van der Waals surface area contributed by atoms with Crippen molar-refractivity contribution in [3.05, 3.63) is 42.6 Å². The van der Waals surface area contributed by atoms with Gasteiger partial charge in [-0.15, -0.1) is 0 Å². The maximum Gasteiger partial charge on any atom is 0.286 e. The van der Waals surface area contributed by atoms with Crippen LogP contribution in [0.3, 0.4) is 0 Å². The molecular weight excluding hydrogens is 284 g/mol. The number of benzene rings is 1. The predicted molar refractivity (Wildman–Crippen MR) is 68.8 cm³/mol. The first-order chi connectivity index (χ1) is 9.53. The molecule has 20 heavy (non-hydrogen) atoms. The van der Waals surface area contributed by atoms with Crippen molar-refractivity contribution in [1.82, 2.24) is 9.71 Å². The summed E-state index contributed by atoms with van der Waals surface area (Å²) < 4.78 is 35.7. The molecule has 1 heterocycles. The van der Waals surface area contributed by atoms with E-state index in [2.05, 4.69) is 9.40 Å². The number of sulfonamides is 1. The van der Waals surface area contributed by atoms with Crippen LogP contribution in [0.25, 0.3) is 0 Å². The number of carbonyl (C=O) groups is 1. The minimum absolute atomic E-state index is 0.0437. The van der Waals surface area contributed by atoms with Crippen molar-refractivity contribution in [2.24, 2.45) is 0 Å². The molecule has 1 aromatic heterocycles. The van der Waals surface area contributed by atoms with Crippen molar-refractivity contribution < 1.29 is 22.4 Å². The summed E-state index contributed by atoms with van der Waals surface area (Å²) in [5, 5.41) is 0. The van der Waals surface area contributed by atoms with Crippen LogP contribution in [0, 0.1) is 0 Å². The number of hydrogen-bond acceptors (Lipinski definition) is 6. The highest BCUT2D eigenvalue weighted by Gasteiger charge is 2.20. The lowest BCUT2D eigenvalue weighted by atomic mass is 10.3. The van der Waals surface area contributed by atoms with E-state index in [1.54, 1.807) is 0 Å². The van der Waals surface area contributed by atoms with Gasteiger partial charge in [0.05, 0.1) is 11.5 Å². The molecule has 0 aliphatic carbocycles. The van der Waals surface area contributed by atoms with Crippen LogP contribution in [-0.2, 0) is 10.0 Å². The van der Waals surface area contributed by atoms with Crippen LogP contribution in [0.2, 0.25) is 0 Å². The highest BCUT2D eigenvalue weighted by molar-refractivity contribution is 7.90. The fourth-order valence-electron chi connectivity index (χ4n) is 1.44. The zero-order chi connectivity index (χ0) is 14.6. The highest BCUT2D eigenvalue weighted by atomic mass is 32.2. The summed E-state index contributed by atoms with van der Waals surface area (Å²) in [6.07, 6.45) is 2.10. The topological polar surface area (TPSA) is 98.5 Å². The smallest absolute Gasteiger partial charge is 0.286 e. The second kappa shape index (κ2) is 5.74. The fraction of sp³-hybridized carbons (Fsp3) is 0.167. The SMILES string of the molecule is CCOc1ccc(S(=O)(=O)NC(=O)c2cocn2)cc1. The van der Waals surface area contributed by atoms with Gasteiger partial charge in [0.25, 0.3) is 15.9 Å². The number of ether oxygens (including phenoxy) is 1. The van der Waals surface area contributed by atoms with Gasteiger partial charge in [-0.3, -0.25) is 4.79 Å². The molecule has 0 saturated heterocycles. The van der Waals surface area contributed by atoms with Gasteiger partial charge in [-0.05, 0) is 31.2 Å². The third-order valence-corrected chi connectivity index (χ3v) is 3.68. The zero-order valence-corrected chi connectivity index (χ0v) is 11.4. The minimum atomic E-state index is -3.95. The molecule has 2 aromatic rings. The van der Waals surface area contributed by atoms with E-state index in [1.165, 1.54) is 24.3 Å². The Hall–Kier alpha value is -2.35. The molecule has 2 rings (SSSR count). The Bertz CT molecular complexity index is 677. The van der Waals surface area contributed by atoms with Crippen molar-refractivity contribution in [3.63, 3.8) is 0 Å². The molecule has 7 nitrogen and oxygen atoms in total. The van der Waals surface area contributed by atoms with Gasteiger partial charge in [0, 0.05) is 0 Å². The van der Waals surface area contributed by atoms with Crippen molar-refractivity contribution in [2.75, 3.05) is 6.61 Å². The molecule has 0 fully saturated rings. The quantitative estimate of drug-likeness (QED) is 0.890. The molecule has 0 atom stereocenters. The average molecular weight is 296 g/mol. The number of hydrogen-bond donors (Lipinski definition) is 1. The first-order valence-corrected chi connectivity index (χ1v) is 7.19. The number of nitrogens with zero attached hydrogens (tertiary/aromatic N) is 1. The summed E-state index contributed by atoms with van der Waals surface area (Å²) in [6, 6.07) is 5.73. The molecule has 1 aromatic carbocycles. The van der Waals surface area contributed by atoms with Crippen LogP contribution >= 0.6 is 0 Å². The molecule has 1 N–H and O–H groups in total. The number of oxazole rings is 1. The summed E-state index contributed by atoms with van der Waals surface area (Å²) in [5.74, 6) is -0.304. The van der Waals surface area contributed by atoms with Crippen LogP contribution in [0.5, 0.6) is 5.75 Å². The molecule has 0 bridgehead atoms. The van der Waals surface area contributed by atoms with Gasteiger partial charge < -0.3 is 9.15 Å². The normalized spacial score (nSPS) is 11.1. The van der Waals surface area contributed by atoms with E-state index in [0.29, 0.717) is 12.4 Å². The summed E-state index contributed by atoms with van der Waals surface area (Å²) in [5.41, 5.74) is -0.112. The standard InChI is InChI=1S/C12H12N2O5S/c1-2-19-9-3-5-10(6-4-9)20(16,17)14-12(15)11-7-18-8-13-11/h3-8H,2H2,1H3,(H,14,15). The maximum absolute atomic E-state index is 12.0. The fourth-order valence-corrected chi connectivity index (χ4v) is 2.40. The van der Waals surface area contributed by atoms with E-state index < -0.39 is 15.9 Å². The second-order valence-corrected chi connectivity index (χ2v) is 5.40. The third-order valence-electron chi connectivity index (χ3n) is 2.34. The molecule has 0 saturated carbocycles. The van der Waals surface area contributed by atoms with E-state index in [4.69, 9.17) is 4.74 Å². The van der Waals surface area contributed by atoms with Gasteiger partial charge in [-0.25, -0.2) is 18.1 Å². The van der Waals surface area contributed by atoms with Crippen molar-refractivity contribution in [3.8, 4) is 5.75 Å². The molecule has 0 unspecified atom stereocenters. The number of rotatable bonds is 5. The van der Waals surface area contributed by atoms with Gasteiger partial charge in [0.1, 0.15) is 12.0 Å². The van der Waals surface area contributed by atoms with Gasteiger partial charge >= 0.3 is 0 Å². The lowest BCUT2D eigenvalue weighted by molar-refractivity contribution is 0.0976. The van der Waals surface area contributed by atoms with E-state index in [1.807, 2.05) is 11.6 Å². The summed E-state index contributed by atoms with van der Waals surface area (Å²) in [4.78, 5) is 15.2. The molecule has 1 amide bonds. The van der Waals surface area contributed by atoms with E-state index in [0.717, 1.165) is 12.7 Å². The molecule has 0 aliphatic heterocycles. The molecular formula is C12H12N2O5S. The summed E-state index contributed by atoms with van der Waals surface area (Å²) >= 11 is 0. The monoisotopic (exact) mass is 296 g/mol. The van der Waals surface area contributed by atoms with Crippen LogP contribution < -0.4 is 9.46 Å². The van der Waals surface area contributed by atoms with Crippen LogP contribution in [0.15, 0.2) is 46.2 Å². The molecule has 0 aliphatic rings. The largest absolute Gasteiger partial charge is 0.494 e. The van der Waals surface area contributed by atoms with E-state index in [9.17, 15) is 13.2 Å². The average Bonchev–Trinajstić information content (AvgIpc) is 2.93. The Morgan fingerprint density at radius 3 is 2.60 bits per heavy atom. The number of carbonyl (C=O) groups excluding carboxylic acids is 1. The molecule has 106 valence electrons. The van der Waals surface area contributed by atoms with Gasteiger partial charge in [-0.1, -0.05) is 0 Å². The van der Waals surface area contributed by atoms with Gasteiger partial charge in [0.2, 0.25) is 0 Å². The summed E-state index contributed by atoms with van der Waals surface area (Å²) in [7, 11) is -3.95. The van der Waals surface area contributed by atoms with Crippen molar-refractivity contribution in [1.29, 1.82) is 0 Å². The Morgan fingerprint density at radius 1 is 1.35 bits per heavy atom. The Labute approximate surface area is 115 Å². The Morgan fingerprint density at radius 2 is 2.05 bits per heavy atom. The lowest BCUT2D eigenvalue weighted by Crippen LogP contribution is -2.30. The summed E-state index contributed by atoms with van der Waals surface area (Å²) in [6.45, 7) is 2.30. The minimum Gasteiger partial charge on any atom is -0.494 e. The van der Waals surface area contributed by atoms with Crippen molar-refractivity contribution >= 4 is 15.9 Å². The van der Waals surface area contributed by atoms with Gasteiger partial charge in [-0.2, -0.15) is 0 Å². The van der Waals surface area contributed by atoms with Crippen LogP contribution in [0.1, 0.15) is 17.4 Å². The molecule has 0 spiro atoms. The number of aromatic nitrogens is 1. The third kappa shape index (κ3) is 3.15. The lowest BCUT2D eigenvalue weighted by Gasteiger charge is -2.07. The second-order valence-electron chi connectivity index (χ2n) is 3.71. The first kappa shape index (κ1) is 14.1. The van der Waals surface area contributed by atoms with Crippen molar-refractivity contribution in [2.45, 2.75) is 11.8 Å². The predicted octanol–water partition coefficient (Wildman–Crippen LogP) is 1.19. The Balaban J connectivity index is 2.16. The number of amides is 1. The number of nitrogens with one attached hydrogen (secondary N) is 1. The highest BCUT2D eigenvalue weighted by Crippen LogP contribution is 2.16. The Kier molecular flexibility index (Phi) is 4.04. The first-order valence-electron chi connectivity index (χ1n) is 5.71. The van der Waals surface area contributed by atoms with Gasteiger partial charge in [0.15, 0.2) is 12.1 Å². The molecule has 0 radical (unpaired) electrons. The van der Waals surface area contributed by atoms with Crippen LogP contribution in [-0.4, -0.2) is 25.9 Å². The maximum atomic E-state index is 12.0. The molecule has 8 heteroatoms. The van der Waals surface area contributed by atoms with Crippen LogP contribution in [0.4, 0.5) is 0 Å².